The molecule has 0 aliphatic carbocycles. The number of ether oxygens (including phenoxy) is 2. The van der Waals surface area contributed by atoms with E-state index in [0.717, 1.165) is 5.56 Å². The van der Waals surface area contributed by atoms with E-state index in [1.807, 2.05) is 30.3 Å². The van der Waals surface area contributed by atoms with Crippen LogP contribution in [0, 0.1) is 0 Å². The number of amides is 1. The molecule has 0 atom stereocenters. The number of benzene rings is 3. The van der Waals surface area contributed by atoms with Crippen LogP contribution in [0.3, 0.4) is 0 Å². The number of phenols is 1. The van der Waals surface area contributed by atoms with Gasteiger partial charge >= 0.3 is 0 Å². The zero-order valence-corrected chi connectivity index (χ0v) is 24.6. The lowest BCUT2D eigenvalue weighted by Gasteiger charge is -2.12. The molecule has 0 radical (unpaired) electrons. The highest BCUT2D eigenvalue weighted by molar-refractivity contribution is 5.94. The lowest BCUT2D eigenvalue weighted by molar-refractivity contribution is -0.117. The zero-order chi connectivity index (χ0) is 31.0. The molecule has 3 aromatic carbocycles. The number of hydrogen-bond donors (Lipinski definition) is 5. The fourth-order valence-electron chi connectivity index (χ4n) is 3.94. The number of hydrogen-bond acceptors (Lipinski definition) is 11. The Morgan fingerprint density at radius 1 is 0.727 bits per heavy atom. The summed E-state index contributed by atoms with van der Waals surface area (Å²) in [7, 11) is 0. The molecule has 12 nitrogen and oxygen atoms in total. The van der Waals surface area contributed by atoms with E-state index in [1.54, 1.807) is 55.5 Å². The molecule has 1 amide bonds. The Balaban J connectivity index is 1.32. The highest BCUT2D eigenvalue weighted by Gasteiger charge is 2.10. The Kier molecular flexibility index (Phi) is 12.4. The zero-order valence-electron chi connectivity index (χ0n) is 24.6. The van der Waals surface area contributed by atoms with Crippen LogP contribution < -0.4 is 21.3 Å². The molecule has 0 aliphatic rings. The minimum absolute atomic E-state index is 0.148. The van der Waals surface area contributed by atoms with Gasteiger partial charge in [0.15, 0.2) is 0 Å². The monoisotopic (exact) mass is 599 g/mol. The fraction of sp³-hybridized carbons (Fsp3) is 0.281. The number of anilines is 5. The number of Topliss-reactive ketones (excluding diaryl/α,β-unsaturated/α-hetero) is 1. The molecule has 0 bridgehead atoms. The van der Waals surface area contributed by atoms with E-state index < -0.39 is 0 Å². The van der Waals surface area contributed by atoms with Crippen LogP contribution in [0.1, 0.15) is 35.7 Å². The van der Waals surface area contributed by atoms with Gasteiger partial charge in [0.25, 0.3) is 5.91 Å². The molecule has 0 aliphatic heterocycles. The number of phenolic OH excluding ortho intramolecular Hbond substituents is 1. The van der Waals surface area contributed by atoms with Crippen molar-refractivity contribution >= 4 is 40.9 Å². The summed E-state index contributed by atoms with van der Waals surface area (Å²) >= 11 is 0. The predicted octanol–water partition coefficient (Wildman–Crippen LogP) is 4.81. The average Bonchev–Trinajstić information content (AvgIpc) is 3.02. The van der Waals surface area contributed by atoms with E-state index >= 15 is 0 Å². The molecule has 0 saturated carbocycles. The first-order chi connectivity index (χ1) is 21.4. The van der Waals surface area contributed by atoms with E-state index in [-0.39, 0.29) is 29.3 Å². The quantitative estimate of drug-likeness (QED) is 0.0789. The summed E-state index contributed by atoms with van der Waals surface area (Å²) in [5.74, 6) is 1.03. The molecule has 4 aromatic rings. The van der Waals surface area contributed by atoms with Crippen molar-refractivity contribution in [2.75, 3.05) is 48.9 Å². The summed E-state index contributed by atoms with van der Waals surface area (Å²) in [5.41, 5.74) is 2.92. The Morgan fingerprint density at radius 2 is 1.32 bits per heavy atom. The lowest BCUT2D eigenvalue weighted by atomic mass is 10.2. The van der Waals surface area contributed by atoms with Crippen molar-refractivity contribution < 1.29 is 24.2 Å². The van der Waals surface area contributed by atoms with E-state index in [9.17, 15) is 14.7 Å². The number of aromatic nitrogens is 3. The van der Waals surface area contributed by atoms with Crippen molar-refractivity contribution in [1.82, 2.24) is 20.3 Å². The molecular weight excluding hydrogens is 562 g/mol. The molecule has 0 fully saturated rings. The Morgan fingerprint density at radius 3 is 1.95 bits per heavy atom. The minimum atomic E-state index is -0.172. The van der Waals surface area contributed by atoms with Crippen molar-refractivity contribution in [3.63, 3.8) is 0 Å². The molecule has 4 rings (SSSR count). The second-order valence-electron chi connectivity index (χ2n) is 9.81. The fourth-order valence-corrected chi connectivity index (χ4v) is 3.94. The van der Waals surface area contributed by atoms with Crippen LogP contribution >= 0.6 is 0 Å². The maximum atomic E-state index is 12.6. The number of rotatable bonds is 18. The third kappa shape index (κ3) is 11.3. The second kappa shape index (κ2) is 17.1. The Labute approximate surface area is 256 Å². The van der Waals surface area contributed by atoms with Crippen LogP contribution in [-0.4, -0.2) is 64.7 Å². The summed E-state index contributed by atoms with van der Waals surface area (Å²) in [4.78, 5) is 37.0. The van der Waals surface area contributed by atoms with E-state index in [0.29, 0.717) is 75.2 Å². The smallest absolute Gasteiger partial charge is 0.251 e. The van der Waals surface area contributed by atoms with Gasteiger partial charge in [0, 0.05) is 43.1 Å². The second-order valence-corrected chi connectivity index (χ2v) is 9.81. The van der Waals surface area contributed by atoms with Crippen LogP contribution in [-0.2, 0) is 20.8 Å². The molecular formula is C32H37N7O5. The Bertz CT molecular complexity index is 1470. The maximum absolute atomic E-state index is 12.6. The van der Waals surface area contributed by atoms with Gasteiger partial charge in [0.1, 0.15) is 11.5 Å². The molecule has 5 N–H and O–H groups in total. The largest absolute Gasteiger partial charge is 0.508 e. The van der Waals surface area contributed by atoms with Gasteiger partial charge in [0.05, 0.1) is 19.8 Å². The number of nitrogens with one attached hydrogen (secondary N) is 4. The minimum Gasteiger partial charge on any atom is -0.508 e. The third-order valence-electron chi connectivity index (χ3n) is 6.18. The molecule has 0 unspecified atom stereocenters. The Hall–Kier alpha value is -5.07. The van der Waals surface area contributed by atoms with Gasteiger partial charge in [-0.05, 0) is 67.4 Å². The molecule has 44 heavy (non-hydrogen) atoms. The molecule has 0 spiro atoms. The van der Waals surface area contributed by atoms with Crippen molar-refractivity contribution in [2.45, 2.75) is 26.3 Å². The first-order valence-corrected chi connectivity index (χ1v) is 14.3. The number of aromatic hydroxyl groups is 1. The van der Waals surface area contributed by atoms with Gasteiger partial charge in [0.2, 0.25) is 17.8 Å². The van der Waals surface area contributed by atoms with E-state index in [1.165, 1.54) is 0 Å². The first-order valence-electron chi connectivity index (χ1n) is 14.3. The van der Waals surface area contributed by atoms with Crippen LogP contribution in [0.25, 0.3) is 0 Å². The van der Waals surface area contributed by atoms with Crippen LogP contribution in [0.4, 0.5) is 29.2 Å². The number of ketones is 1. The molecule has 12 heteroatoms. The van der Waals surface area contributed by atoms with E-state index in [4.69, 9.17) is 9.47 Å². The van der Waals surface area contributed by atoms with Crippen molar-refractivity contribution in [1.29, 1.82) is 0 Å². The first kappa shape index (κ1) is 31.9. The van der Waals surface area contributed by atoms with Gasteiger partial charge in [-0.25, -0.2) is 0 Å². The molecule has 1 heterocycles. The molecule has 230 valence electrons. The van der Waals surface area contributed by atoms with Gasteiger partial charge in [-0.15, -0.1) is 0 Å². The van der Waals surface area contributed by atoms with Crippen LogP contribution in [0.2, 0.25) is 0 Å². The standard InChI is InChI=1S/C32H37N7O5/c1-23(40)6-5-18-43-20-21-44-19-17-33-30-37-31(39-32(38-30)36-27-13-15-28(41)16-14-27)35-26-11-9-25(10-12-26)29(42)34-22-24-7-3-2-4-8-24/h2-4,7-16,41H,5-6,17-22H2,1H3,(H,34,42)(H3,33,35,36,37,38,39). The van der Waals surface area contributed by atoms with Gasteiger partial charge in [-0.2, -0.15) is 15.0 Å². The molecule has 1 aromatic heterocycles. The lowest BCUT2D eigenvalue weighted by Crippen LogP contribution is -2.22. The molecule has 0 saturated heterocycles. The summed E-state index contributed by atoms with van der Waals surface area (Å²) in [6, 6.07) is 23.2. The number of carbonyl (C=O) groups excluding carboxylic acids is 2. The van der Waals surface area contributed by atoms with Gasteiger partial charge in [-0.3, -0.25) is 4.79 Å². The number of carbonyl (C=O) groups is 2. The highest BCUT2D eigenvalue weighted by Crippen LogP contribution is 2.21. The highest BCUT2D eigenvalue weighted by atomic mass is 16.5. The number of nitrogens with zero attached hydrogens (tertiary/aromatic N) is 3. The summed E-state index contributed by atoms with van der Waals surface area (Å²) < 4.78 is 11.1. The average molecular weight is 600 g/mol. The van der Waals surface area contributed by atoms with Gasteiger partial charge in [-0.1, -0.05) is 30.3 Å². The van der Waals surface area contributed by atoms with E-state index in [2.05, 4.69) is 36.2 Å². The van der Waals surface area contributed by atoms with Crippen molar-refractivity contribution in [3.05, 3.63) is 90.0 Å². The van der Waals surface area contributed by atoms with Crippen LogP contribution in [0.5, 0.6) is 5.75 Å². The summed E-state index contributed by atoms with van der Waals surface area (Å²) in [6.07, 6.45) is 1.23. The summed E-state index contributed by atoms with van der Waals surface area (Å²) in [5, 5.41) is 21.9. The van der Waals surface area contributed by atoms with Gasteiger partial charge < -0.3 is 40.6 Å². The predicted molar refractivity (Wildman–Crippen MR) is 169 cm³/mol. The third-order valence-corrected chi connectivity index (χ3v) is 6.18. The van der Waals surface area contributed by atoms with Crippen LogP contribution in [0.15, 0.2) is 78.9 Å². The normalized spacial score (nSPS) is 10.7. The maximum Gasteiger partial charge on any atom is 0.251 e. The SMILES string of the molecule is CC(=O)CCCOCCOCCNc1nc(Nc2ccc(O)cc2)nc(Nc2ccc(C(=O)NCc3ccccc3)cc2)n1. The topological polar surface area (TPSA) is 160 Å². The van der Waals surface area contributed by atoms with Crippen molar-refractivity contribution in [2.24, 2.45) is 0 Å². The van der Waals surface area contributed by atoms with Crippen molar-refractivity contribution in [3.8, 4) is 5.75 Å². The summed E-state index contributed by atoms with van der Waals surface area (Å²) in [6.45, 7) is 4.27.